The lowest BCUT2D eigenvalue weighted by molar-refractivity contribution is -0.291. The van der Waals surface area contributed by atoms with E-state index in [0.717, 1.165) is 103 Å². The number of nitrogens with zero attached hydrogens (tertiary/aromatic N) is 1. The summed E-state index contributed by atoms with van der Waals surface area (Å²) in [4.78, 5) is 53.5. The molecule has 0 aromatic heterocycles. The minimum absolute atomic E-state index is 0.0668. The number of ether oxygens (including phenoxy) is 2. The Morgan fingerprint density at radius 2 is 0.889 bits per heavy atom. The van der Waals surface area contributed by atoms with Gasteiger partial charge in [-0.25, -0.2) is 9.59 Å². The van der Waals surface area contributed by atoms with Gasteiger partial charge in [-0.1, -0.05) is 212 Å². The molecule has 0 amide bonds. The molecule has 0 saturated heterocycles. The number of carbonyl (C=O) groups is 3. The third-order valence-corrected chi connectivity index (χ3v) is 14.8. The zero-order valence-corrected chi connectivity index (χ0v) is 48.1. The molecule has 72 heavy (non-hydrogen) atoms. The fraction of sp³-hybridized carbons (Fsp3) is 0.825. The highest BCUT2D eigenvalue weighted by atomic mass is 17.2. The molecule has 9 heteroatoms. The summed E-state index contributed by atoms with van der Waals surface area (Å²) in [7, 11) is 3.97. The summed E-state index contributed by atoms with van der Waals surface area (Å²) < 4.78 is 11.2. The summed E-state index contributed by atoms with van der Waals surface area (Å²) in [6, 6.07) is 0. The molecule has 0 fully saturated rings. The van der Waals surface area contributed by atoms with Crippen molar-refractivity contribution in [3.63, 3.8) is 0 Å². The molecule has 0 spiro atoms. The van der Waals surface area contributed by atoms with E-state index in [4.69, 9.17) is 19.2 Å². The second-order valence-corrected chi connectivity index (χ2v) is 21.3. The van der Waals surface area contributed by atoms with E-state index in [0.29, 0.717) is 57.8 Å². The Morgan fingerprint density at radius 3 is 1.36 bits per heavy atom. The maximum atomic E-state index is 14.3. The molecular weight excluding hydrogens is 899 g/mol. The standard InChI is InChI=1S/C63H115NO8/c1-8-13-16-19-22-25-28-30-32-34-37-40-43-46-51-62(11-4,59(65)66)53-48-54-63(12-5,52-47-44-41-38-35-33-31-29-26-23-20-17-14-9-2)60(67)72-70-57-58(71-61(68)69-56-49-55-64(6)7)50-45-42-39-36-27-24-21-18-15-10-3/h22-23,25-26,30-33,58H,8-21,24,27-29,34-57H2,1-7H3,(H,65,66). The number of carboxylic acid groups (broad SMARTS) is 1. The zero-order valence-electron chi connectivity index (χ0n) is 48.1. The van der Waals surface area contributed by atoms with Gasteiger partial charge in [-0.05, 0) is 136 Å². The quantitative estimate of drug-likeness (QED) is 0.0209. The van der Waals surface area contributed by atoms with Crippen LogP contribution in [0.3, 0.4) is 0 Å². The fourth-order valence-electron chi connectivity index (χ4n) is 9.63. The summed E-state index contributed by atoms with van der Waals surface area (Å²) in [5.41, 5.74) is -1.63. The maximum absolute atomic E-state index is 14.3. The lowest BCUT2D eigenvalue weighted by Gasteiger charge is -2.33. The molecular formula is C63H115NO8. The summed E-state index contributed by atoms with van der Waals surface area (Å²) in [5.74, 6) is -1.14. The van der Waals surface area contributed by atoms with Crippen LogP contribution < -0.4 is 0 Å². The predicted molar refractivity (Wildman–Crippen MR) is 304 cm³/mol. The summed E-state index contributed by atoms with van der Waals surface area (Å²) in [5, 5.41) is 10.7. The number of unbranched alkanes of at least 4 members (excludes halogenated alkanes) is 23. The first-order valence-electron chi connectivity index (χ1n) is 30.2. The first kappa shape index (κ1) is 69.1. The van der Waals surface area contributed by atoms with Gasteiger partial charge in [-0.2, -0.15) is 4.89 Å². The van der Waals surface area contributed by atoms with Crippen LogP contribution in [0.15, 0.2) is 48.6 Å². The van der Waals surface area contributed by atoms with Crippen LogP contribution in [0.1, 0.15) is 285 Å². The number of rotatable bonds is 53. The van der Waals surface area contributed by atoms with E-state index < -0.39 is 35.0 Å². The monoisotopic (exact) mass is 1010 g/mol. The van der Waals surface area contributed by atoms with E-state index in [-0.39, 0.29) is 13.2 Å². The smallest absolute Gasteiger partial charge is 0.481 e. The molecule has 9 nitrogen and oxygen atoms in total. The van der Waals surface area contributed by atoms with Crippen molar-refractivity contribution < 1.29 is 38.7 Å². The Hall–Kier alpha value is -2.91. The molecule has 0 aliphatic heterocycles. The van der Waals surface area contributed by atoms with Gasteiger partial charge in [0.15, 0.2) is 0 Å². The van der Waals surface area contributed by atoms with Crippen LogP contribution in [0, 0.1) is 10.8 Å². The molecule has 1 N–H and O–H groups in total. The Kier molecular flexibility index (Phi) is 48.2. The van der Waals surface area contributed by atoms with Crippen molar-refractivity contribution in [1.29, 1.82) is 0 Å². The van der Waals surface area contributed by atoms with Gasteiger partial charge in [0.25, 0.3) is 0 Å². The van der Waals surface area contributed by atoms with E-state index in [1.54, 1.807) is 0 Å². The number of carbonyl (C=O) groups excluding carboxylic acids is 2. The Bertz CT molecular complexity index is 1370. The molecule has 0 aromatic rings. The third kappa shape index (κ3) is 39.5. The summed E-state index contributed by atoms with van der Waals surface area (Å²) in [6.07, 6.45) is 56.5. The maximum Gasteiger partial charge on any atom is 0.508 e. The third-order valence-electron chi connectivity index (χ3n) is 14.8. The van der Waals surface area contributed by atoms with Crippen molar-refractivity contribution >= 4 is 18.1 Å². The average molecular weight is 1010 g/mol. The van der Waals surface area contributed by atoms with E-state index in [2.05, 4.69) is 69.4 Å². The van der Waals surface area contributed by atoms with Crippen LogP contribution in [0.2, 0.25) is 0 Å². The molecule has 0 aliphatic carbocycles. The number of allylic oxidation sites excluding steroid dienone is 8. The molecule has 0 rings (SSSR count). The normalized spacial score (nSPS) is 14.2. The highest BCUT2D eigenvalue weighted by Crippen LogP contribution is 2.41. The van der Waals surface area contributed by atoms with Crippen LogP contribution in [0.25, 0.3) is 0 Å². The van der Waals surface area contributed by atoms with Gasteiger partial charge in [0.05, 0.1) is 17.4 Å². The first-order chi connectivity index (χ1) is 35.1. The highest BCUT2D eigenvalue weighted by Gasteiger charge is 2.41. The van der Waals surface area contributed by atoms with Crippen LogP contribution in [-0.4, -0.2) is 68.1 Å². The SMILES string of the molecule is CCCCCC=CCC=CCCCCCCC(CC)(CCCC(CC)(CCCCCCC=CCC=CCCCCC)C(=O)OOCC(CCCCCCCCCCCC)OC(=O)OCCCN(C)C)C(=O)O. The van der Waals surface area contributed by atoms with Gasteiger partial charge < -0.3 is 19.5 Å². The number of carboxylic acids is 1. The number of aliphatic carboxylic acids is 1. The Morgan fingerprint density at radius 1 is 0.486 bits per heavy atom. The zero-order chi connectivity index (χ0) is 53.1. The second-order valence-electron chi connectivity index (χ2n) is 21.3. The van der Waals surface area contributed by atoms with Crippen molar-refractivity contribution in [2.24, 2.45) is 10.8 Å². The topological polar surface area (TPSA) is 112 Å². The largest absolute Gasteiger partial charge is 0.508 e. The van der Waals surface area contributed by atoms with Gasteiger partial charge in [0.2, 0.25) is 0 Å². The molecule has 0 aliphatic rings. The molecule has 0 saturated carbocycles. The molecule has 0 aromatic carbocycles. The lowest BCUT2D eigenvalue weighted by Crippen LogP contribution is -2.35. The molecule has 0 radical (unpaired) electrons. The lowest BCUT2D eigenvalue weighted by atomic mass is 9.71. The van der Waals surface area contributed by atoms with Crippen molar-refractivity contribution in [3.8, 4) is 0 Å². The molecule has 0 heterocycles. The Balaban J connectivity index is 5.66. The number of hydrogen-bond donors (Lipinski definition) is 1. The molecule has 3 unspecified atom stereocenters. The van der Waals surface area contributed by atoms with E-state index in [1.807, 2.05) is 32.8 Å². The van der Waals surface area contributed by atoms with Gasteiger partial charge in [-0.15, -0.1) is 0 Å². The minimum Gasteiger partial charge on any atom is -0.481 e. The molecule has 420 valence electrons. The first-order valence-corrected chi connectivity index (χ1v) is 30.2. The Labute approximate surface area is 444 Å². The van der Waals surface area contributed by atoms with E-state index in [1.165, 1.54) is 96.3 Å². The van der Waals surface area contributed by atoms with Gasteiger partial charge in [-0.3, -0.25) is 9.68 Å². The summed E-state index contributed by atoms with van der Waals surface area (Å²) in [6.45, 7) is 11.8. The molecule has 3 atom stereocenters. The van der Waals surface area contributed by atoms with Crippen molar-refractivity contribution in [3.05, 3.63) is 48.6 Å². The highest BCUT2D eigenvalue weighted by molar-refractivity contribution is 5.76. The van der Waals surface area contributed by atoms with E-state index >= 15 is 0 Å². The second kappa shape index (κ2) is 50.3. The van der Waals surface area contributed by atoms with Gasteiger partial charge in [0, 0.05) is 6.54 Å². The molecule has 0 bridgehead atoms. The predicted octanol–water partition coefficient (Wildman–Crippen LogP) is 19.1. The average Bonchev–Trinajstić information content (AvgIpc) is 3.36. The van der Waals surface area contributed by atoms with Crippen molar-refractivity contribution in [2.75, 3.05) is 33.9 Å². The van der Waals surface area contributed by atoms with E-state index in [9.17, 15) is 19.5 Å². The summed E-state index contributed by atoms with van der Waals surface area (Å²) >= 11 is 0. The minimum atomic E-state index is -0.818. The fourth-order valence-corrected chi connectivity index (χ4v) is 9.63. The van der Waals surface area contributed by atoms with Crippen molar-refractivity contribution in [1.82, 2.24) is 4.90 Å². The van der Waals surface area contributed by atoms with Crippen LogP contribution in [0.5, 0.6) is 0 Å². The van der Waals surface area contributed by atoms with Gasteiger partial charge in [0.1, 0.15) is 12.7 Å². The van der Waals surface area contributed by atoms with Crippen LogP contribution in [-0.2, 0) is 28.8 Å². The van der Waals surface area contributed by atoms with Gasteiger partial charge >= 0.3 is 18.1 Å². The van der Waals surface area contributed by atoms with Crippen molar-refractivity contribution in [2.45, 2.75) is 291 Å². The van der Waals surface area contributed by atoms with Crippen LogP contribution >= 0.6 is 0 Å². The van der Waals surface area contributed by atoms with Crippen LogP contribution in [0.4, 0.5) is 4.79 Å². The number of hydrogen-bond acceptors (Lipinski definition) is 8.